The lowest BCUT2D eigenvalue weighted by atomic mass is 9.96. The molecule has 3 rings (SSSR count). The van der Waals surface area contributed by atoms with Gasteiger partial charge in [0.05, 0.1) is 11.4 Å². The highest BCUT2D eigenvalue weighted by Gasteiger charge is 2.39. The second kappa shape index (κ2) is 5.55. The zero-order chi connectivity index (χ0) is 15.7. The maximum atomic E-state index is 12.2. The van der Waals surface area contributed by atoms with E-state index in [-0.39, 0.29) is 6.42 Å². The van der Waals surface area contributed by atoms with E-state index in [1.807, 2.05) is 30.3 Å². The van der Waals surface area contributed by atoms with Crippen molar-refractivity contribution in [3.8, 4) is 0 Å². The molecule has 0 saturated carbocycles. The predicted octanol–water partition coefficient (Wildman–Crippen LogP) is 1.24. The lowest BCUT2D eigenvalue weighted by molar-refractivity contribution is -0.149. The number of carboxylic acid groups (broad SMARTS) is 1. The first-order chi connectivity index (χ1) is 10.6. The number of imide groups is 1. The molecule has 1 aliphatic rings. The SMILES string of the molecule is O=C(O)CN1C(=O)CC(Cc2cccc3cccnc23)C1=O. The van der Waals surface area contributed by atoms with E-state index in [2.05, 4.69) is 4.98 Å². The van der Waals surface area contributed by atoms with E-state index >= 15 is 0 Å². The lowest BCUT2D eigenvalue weighted by Crippen LogP contribution is -2.35. The predicted molar refractivity (Wildman–Crippen MR) is 77.9 cm³/mol. The third kappa shape index (κ3) is 2.55. The maximum Gasteiger partial charge on any atom is 0.323 e. The molecule has 1 fully saturated rings. The Morgan fingerprint density at radius 3 is 2.82 bits per heavy atom. The number of nitrogens with zero attached hydrogens (tertiary/aromatic N) is 2. The van der Waals surface area contributed by atoms with Crippen molar-refractivity contribution in [1.82, 2.24) is 9.88 Å². The van der Waals surface area contributed by atoms with E-state index in [0.717, 1.165) is 21.4 Å². The molecule has 6 heteroatoms. The van der Waals surface area contributed by atoms with Gasteiger partial charge in [0.15, 0.2) is 0 Å². The fourth-order valence-corrected chi connectivity index (χ4v) is 2.81. The number of hydrogen-bond donors (Lipinski definition) is 1. The number of carboxylic acids is 1. The number of carbonyl (C=O) groups is 3. The third-order valence-corrected chi connectivity index (χ3v) is 3.81. The topological polar surface area (TPSA) is 87.6 Å². The first-order valence-corrected chi connectivity index (χ1v) is 6.95. The van der Waals surface area contributed by atoms with Crippen LogP contribution in [0.15, 0.2) is 36.5 Å². The number of aliphatic carboxylic acids is 1. The molecular formula is C16H14N2O4. The summed E-state index contributed by atoms with van der Waals surface area (Å²) in [5, 5.41) is 9.74. The molecule has 6 nitrogen and oxygen atoms in total. The summed E-state index contributed by atoms with van der Waals surface area (Å²) in [6, 6.07) is 9.47. The number of para-hydroxylation sites is 1. The van der Waals surface area contributed by atoms with Gasteiger partial charge in [-0.05, 0) is 18.1 Å². The largest absolute Gasteiger partial charge is 0.480 e. The average Bonchev–Trinajstić information content (AvgIpc) is 2.75. The number of hydrogen-bond acceptors (Lipinski definition) is 4. The molecule has 1 aromatic carbocycles. The highest BCUT2D eigenvalue weighted by molar-refractivity contribution is 6.05. The van der Waals surface area contributed by atoms with Crippen molar-refractivity contribution < 1.29 is 19.5 Å². The number of benzene rings is 1. The van der Waals surface area contributed by atoms with Crippen LogP contribution in [-0.4, -0.2) is 39.3 Å². The summed E-state index contributed by atoms with van der Waals surface area (Å²) in [4.78, 5) is 39.9. The van der Waals surface area contributed by atoms with Crippen LogP contribution in [0, 0.1) is 5.92 Å². The number of fused-ring (bicyclic) bond motifs is 1. The monoisotopic (exact) mass is 298 g/mol. The highest BCUT2D eigenvalue weighted by atomic mass is 16.4. The van der Waals surface area contributed by atoms with Crippen LogP contribution in [0.1, 0.15) is 12.0 Å². The molecular weight excluding hydrogens is 284 g/mol. The van der Waals surface area contributed by atoms with Crippen molar-refractivity contribution in [1.29, 1.82) is 0 Å². The van der Waals surface area contributed by atoms with Crippen LogP contribution in [0.5, 0.6) is 0 Å². The molecule has 2 aromatic rings. The zero-order valence-electron chi connectivity index (χ0n) is 11.7. The second-order valence-electron chi connectivity index (χ2n) is 5.31. The van der Waals surface area contributed by atoms with Gasteiger partial charge in [-0.15, -0.1) is 0 Å². The summed E-state index contributed by atoms with van der Waals surface area (Å²) in [7, 11) is 0. The van der Waals surface area contributed by atoms with Crippen LogP contribution in [0.25, 0.3) is 10.9 Å². The van der Waals surface area contributed by atoms with Crippen LogP contribution in [0.3, 0.4) is 0 Å². The third-order valence-electron chi connectivity index (χ3n) is 3.81. The van der Waals surface area contributed by atoms with Crippen molar-refractivity contribution in [3.05, 3.63) is 42.1 Å². The van der Waals surface area contributed by atoms with Gasteiger partial charge in [-0.2, -0.15) is 0 Å². The summed E-state index contributed by atoms with van der Waals surface area (Å²) in [5.41, 5.74) is 1.70. The van der Waals surface area contributed by atoms with Gasteiger partial charge < -0.3 is 5.11 Å². The molecule has 1 saturated heterocycles. The Bertz CT molecular complexity index is 766. The molecule has 1 N–H and O–H groups in total. The summed E-state index contributed by atoms with van der Waals surface area (Å²) in [5.74, 6) is -2.54. The number of carbonyl (C=O) groups excluding carboxylic acids is 2. The quantitative estimate of drug-likeness (QED) is 0.858. The van der Waals surface area contributed by atoms with E-state index in [4.69, 9.17) is 5.11 Å². The molecule has 2 amide bonds. The van der Waals surface area contributed by atoms with Crippen LogP contribution < -0.4 is 0 Å². The minimum Gasteiger partial charge on any atom is -0.480 e. The average molecular weight is 298 g/mol. The van der Waals surface area contributed by atoms with Gasteiger partial charge in [-0.1, -0.05) is 24.3 Å². The number of rotatable bonds is 4. The molecule has 2 heterocycles. The zero-order valence-corrected chi connectivity index (χ0v) is 11.7. The Kier molecular flexibility index (Phi) is 3.58. The van der Waals surface area contributed by atoms with Crippen LogP contribution in [-0.2, 0) is 20.8 Å². The standard InChI is InChI=1S/C16H14N2O4/c19-13-8-12(16(22)18(13)9-14(20)21)7-11-4-1-3-10-5-2-6-17-15(10)11/h1-6,12H,7-9H2,(H,20,21). The van der Waals surface area contributed by atoms with Gasteiger partial charge in [0.2, 0.25) is 11.8 Å². The fraction of sp³-hybridized carbons (Fsp3) is 0.250. The normalized spacial score (nSPS) is 18.2. The lowest BCUT2D eigenvalue weighted by Gasteiger charge is -2.12. The molecule has 1 unspecified atom stereocenters. The van der Waals surface area contributed by atoms with E-state index in [0.29, 0.717) is 6.42 Å². The van der Waals surface area contributed by atoms with E-state index in [1.54, 1.807) is 6.20 Å². The molecule has 22 heavy (non-hydrogen) atoms. The van der Waals surface area contributed by atoms with Crippen molar-refractivity contribution in [2.75, 3.05) is 6.54 Å². The minimum atomic E-state index is -1.19. The molecule has 0 bridgehead atoms. The number of amides is 2. The van der Waals surface area contributed by atoms with Crippen LogP contribution in [0.2, 0.25) is 0 Å². The summed E-state index contributed by atoms with van der Waals surface area (Å²) < 4.78 is 0. The van der Waals surface area contributed by atoms with Gasteiger partial charge >= 0.3 is 5.97 Å². The van der Waals surface area contributed by atoms with Crippen LogP contribution >= 0.6 is 0 Å². The number of pyridine rings is 1. The van der Waals surface area contributed by atoms with Crippen LogP contribution in [0.4, 0.5) is 0 Å². The highest BCUT2D eigenvalue weighted by Crippen LogP contribution is 2.26. The van der Waals surface area contributed by atoms with Crippen molar-refractivity contribution in [3.63, 3.8) is 0 Å². The number of aromatic nitrogens is 1. The summed E-state index contributed by atoms with van der Waals surface area (Å²) in [6.45, 7) is -0.568. The smallest absolute Gasteiger partial charge is 0.323 e. The fourth-order valence-electron chi connectivity index (χ4n) is 2.81. The minimum absolute atomic E-state index is 0.0509. The first-order valence-electron chi connectivity index (χ1n) is 6.95. The van der Waals surface area contributed by atoms with Gasteiger partial charge in [0.25, 0.3) is 0 Å². The Labute approximate surface area is 126 Å². The number of likely N-dealkylation sites (tertiary alicyclic amines) is 1. The van der Waals surface area contributed by atoms with E-state index in [9.17, 15) is 14.4 Å². The van der Waals surface area contributed by atoms with Gasteiger partial charge in [0.1, 0.15) is 6.54 Å². The molecule has 1 atom stereocenters. The Hall–Kier alpha value is -2.76. The molecule has 0 radical (unpaired) electrons. The summed E-state index contributed by atoms with van der Waals surface area (Å²) >= 11 is 0. The molecule has 112 valence electrons. The Balaban J connectivity index is 1.85. The Morgan fingerprint density at radius 1 is 1.27 bits per heavy atom. The second-order valence-corrected chi connectivity index (χ2v) is 5.31. The van der Waals surface area contributed by atoms with Crippen molar-refractivity contribution >= 4 is 28.7 Å². The van der Waals surface area contributed by atoms with Gasteiger partial charge in [-0.3, -0.25) is 24.3 Å². The molecule has 1 aliphatic heterocycles. The van der Waals surface area contributed by atoms with Crippen molar-refractivity contribution in [2.45, 2.75) is 12.8 Å². The Morgan fingerprint density at radius 2 is 2.05 bits per heavy atom. The molecule has 0 aliphatic carbocycles. The van der Waals surface area contributed by atoms with Gasteiger partial charge in [-0.25, -0.2) is 0 Å². The van der Waals surface area contributed by atoms with E-state index < -0.39 is 30.2 Å². The van der Waals surface area contributed by atoms with Crippen molar-refractivity contribution in [2.24, 2.45) is 5.92 Å². The van der Waals surface area contributed by atoms with Gasteiger partial charge in [0, 0.05) is 18.0 Å². The summed E-state index contributed by atoms with van der Waals surface area (Å²) in [6.07, 6.45) is 2.12. The van der Waals surface area contributed by atoms with E-state index in [1.165, 1.54) is 0 Å². The molecule has 0 spiro atoms. The maximum absolute atomic E-state index is 12.2. The first kappa shape index (κ1) is 14.2. The molecule has 1 aromatic heterocycles.